The number of carbonyl (C=O) groups excluding carboxylic acids is 1. The van der Waals surface area contributed by atoms with Crippen LogP contribution in [0.25, 0.3) is 11.0 Å². The predicted octanol–water partition coefficient (Wildman–Crippen LogP) is 1.40. The number of imidazole rings is 1. The van der Waals surface area contributed by atoms with Gasteiger partial charge in [0.25, 0.3) is 5.91 Å². The molecule has 0 bridgehead atoms. The van der Waals surface area contributed by atoms with Crippen LogP contribution in [0.15, 0.2) is 18.2 Å². The van der Waals surface area contributed by atoms with Crippen LogP contribution in [0, 0.1) is 0 Å². The molecule has 1 amide bonds. The number of aromatic amines is 1. The van der Waals surface area contributed by atoms with Gasteiger partial charge in [-0.1, -0.05) is 13.8 Å². The Hall–Kier alpha value is -1.93. The second-order valence-electron chi connectivity index (χ2n) is 6.46. The number of fused-ring (bicyclic) bond motifs is 1. The highest BCUT2D eigenvalue weighted by molar-refractivity contribution is 7.88. The summed E-state index contributed by atoms with van der Waals surface area (Å²) in [6.45, 7) is 5.62. The van der Waals surface area contributed by atoms with E-state index in [1.165, 1.54) is 10.6 Å². The summed E-state index contributed by atoms with van der Waals surface area (Å²) in [7, 11) is -3.19. The van der Waals surface area contributed by atoms with Gasteiger partial charge in [0.15, 0.2) is 0 Å². The third-order valence-corrected chi connectivity index (χ3v) is 5.59. The Labute approximate surface area is 141 Å². The molecule has 0 radical (unpaired) electrons. The van der Waals surface area contributed by atoms with Crippen molar-refractivity contribution in [3.8, 4) is 0 Å². The monoisotopic (exact) mass is 350 g/mol. The van der Waals surface area contributed by atoms with Crippen molar-refractivity contribution in [2.45, 2.75) is 19.8 Å². The number of carbonyl (C=O) groups is 1. The molecule has 24 heavy (non-hydrogen) atoms. The third kappa shape index (κ3) is 3.29. The topological polar surface area (TPSA) is 86.4 Å². The van der Waals surface area contributed by atoms with Gasteiger partial charge in [-0.25, -0.2) is 13.4 Å². The molecule has 0 atom stereocenters. The zero-order valence-electron chi connectivity index (χ0n) is 14.1. The van der Waals surface area contributed by atoms with Gasteiger partial charge in [-0.05, 0) is 18.2 Å². The van der Waals surface area contributed by atoms with Crippen LogP contribution in [0.1, 0.15) is 35.9 Å². The Morgan fingerprint density at radius 1 is 1.21 bits per heavy atom. The number of benzene rings is 1. The number of nitrogens with one attached hydrogen (secondary N) is 1. The lowest BCUT2D eigenvalue weighted by atomic mass is 10.1. The van der Waals surface area contributed by atoms with Crippen LogP contribution in [0.2, 0.25) is 0 Å². The lowest BCUT2D eigenvalue weighted by Gasteiger charge is -2.33. The summed E-state index contributed by atoms with van der Waals surface area (Å²) < 4.78 is 24.5. The van der Waals surface area contributed by atoms with Gasteiger partial charge in [0.05, 0.1) is 17.3 Å². The van der Waals surface area contributed by atoms with Gasteiger partial charge in [0.1, 0.15) is 5.82 Å². The highest BCUT2D eigenvalue weighted by Crippen LogP contribution is 2.19. The van der Waals surface area contributed by atoms with Gasteiger partial charge in [-0.15, -0.1) is 0 Å². The van der Waals surface area contributed by atoms with Crippen LogP contribution in [0.4, 0.5) is 0 Å². The van der Waals surface area contributed by atoms with Crippen molar-refractivity contribution in [2.24, 2.45) is 0 Å². The summed E-state index contributed by atoms with van der Waals surface area (Å²) in [5.41, 5.74) is 2.28. The van der Waals surface area contributed by atoms with Crippen molar-refractivity contribution in [3.05, 3.63) is 29.6 Å². The van der Waals surface area contributed by atoms with Crippen molar-refractivity contribution in [1.82, 2.24) is 19.2 Å². The number of aromatic nitrogens is 2. The Bertz CT molecular complexity index is 865. The second-order valence-corrected chi connectivity index (χ2v) is 8.45. The maximum atomic E-state index is 12.7. The minimum absolute atomic E-state index is 0.0780. The quantitative estimate of drug-likeness (QED) is 0.907. The second kappa shape index (κ2) is 6.18. The number of piperazine rings is 1. The lowest BCUT2D eigenvalue weighted by molar-refractivity contribution is 0.0698. The van der Waals surface area contributed by atoms with Crippen LogP contribution in [0.3, 0.4) is 0 Å². The van der Waals surface area contributed by atoms with Gasteiger partial charge in [-0.2, -0.15) is 4.31 Å². The van der Waals surface area contributed by atoms with Crippen LogP contribution in [-0.4, -0.2) is 65.9 Å². The van der Waals surface area contributed by atoms with Crippen LogP contribution >= 0.6 is 0 Å². The third-order valence-electron chi connectivity index (χ3n) is 4.29. The van der Waals surface area contributed by atoms with Crippen molar-refractivity contribution in [2.75, 3.05) is 32.4 Å². The molecule has 0 unspecified atom stereocenters. The number of hydrogen-bond acceptors (Lipinski definition) is 4. The first-order valence-corrected chi connectivity index (χ1v) is 9.84. The zero-order valence-corrected chi connectivity index (χ0v) is 14.9. The average Bonchev–Trinajstić information content (AvgIpc) is 2.97. The van der Waals surface area contributed by atoms with Gasteiger partial charge in [0.2, 0.25) is 10.0 Å². The highest BCUT2D eigenvalue weighted by Gasteiger charge is 2.26. The standard InChI is InChI=1S/C16H22N4O3S/c1-11(2)15-17-13-5-4-12(10-14(13)18-15)16(21)19-6-8-20(9-7-19)24(3,22)23/h4-5,10-11H,6-9H2,1-3H3,(H,17,18). The minimum Gasteiger partial charge on any atom is -0.342 e. The van der Waals surface area contributed by atoms with Gasteiger partial charge >= 0.3 is 0 Å². The molecule has 7 nitrogen and oxygen atoms in total. The minimum atomic E-state index is -3.19. The van der Waals surface area contributed by atoms with E-state index >= 15 is 0 Å². The lowest BCUT2D eigenvalue weighted by Crippen LogP contribution is -2.50. The Morgan fingerprint density at radius 2 is 1.88 bits per heavy atom. The van der Waals surface area contributed by atoms with E-state index in [4.69, 9.17) is 0 Å². The van der Waals surface area contributed by atoms with Crippen LogP contribution < -0.4 is 0 Å². The van der Waals surface area contributed by atoms with Crippen LogP contribution in [0.5, 0.6) is 0 Å². The number of nitrogens with zero attached hydrogens (tertiary/aromatic N) is 3. The number of H-pyrrole nitrogens is 1. The molecule has 2 aromatic rings. The first-order valence-electron chi connectivity index (χ1n) is 8.00. The number of rotatable bonds is 3. The van der Waals surface area contributed by atoms with E-state index in [9.17, 15) is 13.2 Å². The summed E-state index contributed by atoms with van der Waals surface area (Å²) >= 11 is 0. The molecular weight excluding hydrogens is 328 g/mol. The van der Waals surface area contributed by atoms with Gasteiger partial charge in [0, 0.05) is 37.7 Å². The van der Waals surface area contributed by atoms with E-state index in [1.54, 1.807) is 11.0 Å². The molecule has 1 aliphatic rings. The Balaban J connectivity index is 1.77. The molecule has 8 heteroatoms. The summed E-state index contributed by atoms with van der Waals surface area (Å²) in [6.07, 6.45) is 1.20. The van der Waals surface area contributed by atoms with Crippen molar-refractivity contribution in [1.29, 1.82) is 0 Å². The molecule has 3 rings (SSSR count). The molecule has 0 spiro atoms. The fraction of sp³-hybridized carbons (Fsp3) is 0.500. The number of sulfonamides is 1. The molecule has 1 aromatic heterocycles. The first-order chi connectivity index (χ1) is 11.3. The number of hydrogen-bond donors (Lipinski definition) is 1. The summed E-state index contributed by atoms with van der Waals surface area (Å²) in [5, 5.41) is 0. The van der Waals surface area contributed by atoms with E-state index in [1.807, 2.05) is 12.1 Å². The molecule has 1 saturated heterocycles. The molecule has 1 aromatic carbocycles. The normalized spacial score (nSPS) is 16.9. The maximum absolute atomic E-state index is 12.7. The molecule has 1 N–H and O–H groups in total. The first kappa shape index (κ1) is 16.9. The maximum Gasteiger partial charge on any atom is 0.254 e. The molecule has 0 saturated carbocycles. The summed E-state index contributed by atoms with van der Waals surface area (Å²) in [5.74, 6) is 1.11. The molecule has 2 heterocycles. The average molecular weight is 350 g/mol. The van der Waals surface area contributed by atoms with Crippen LogP contribution in [-0.2, 0) is 10.0 Å². The fourth-order valence-corrected chi connectivity index (χ4v) is 3.67. The number of amides is 1. The molecule has 0 aliphatic carbocycles. The van der Waals surface area contributed by atoms with Crippen molar-refractivity contribution < 1.29 is 13.2 Å². The largest absolute Gasteiger partial charge is 0.342 e. The van der Waals surface area contributed by atoms with E-state index < -0.39 is 10.0 Å². The van der Waals surface area contributed by atoms with E-state index in [2.05, 4.69) is 23.8 Å². The Kier molecular flexibility index (Phi) is 4.35. The molecule has 130 valence electrons. The van der Waals surface area contributed by atoms with Gasteiger partial charge in [-0.3, -0.25) is 4.79 Å². The SMILES string of the molecule is CC(C)c1nc2ccc(C(=O)N3CCN(S(C)(=O)=O)CC3)cc2[nH]1. The summed E-state index contributed by atoms with van der Waals surface area (Å²) in [6, 6.07) is 5.44. The van der Waals surface area contributed by atoms with E-state index in [0.717, 1.165) is 16.9 Å². The molecule has 1 aliphatic heterocycles. The summed E-state index contributed by atoms with van der Waals surface area (Å²) in [4.78, 5) is 22.1. The van der Waals surface area contributed by atoms with E-state index in [0.29, 0.717) is 37.7 Å². The molecular formula is C16H22N4O3S. The Morgan fingerprint density at radius 3 is 2.46 bits per heavy atom. The fourth-order valence-electron chi connectivity index (χ4n) is 2.84. The highest BCUT2D eigenvalue weighted by atomic mass is 32.2. The van der Waals surface area contributed by atoms with Crippen molar-refractivity contribution >= 4 is 27.0 Å². The smallest absolute Gasteiger partial charge is 0.254 e. The zero-order chi connectivity index (χ0) is 17.5. The van der Waals surface area contributed by atoms with E-state index in [-0.39, 0.29) is 5.91 Å². The predicted molar refractivity (Wildman–Crippen MR) is 92.5 cm³/mol. The molecule has 1 fully saturated rings. The van der Waals surface area contributed by atoms with Gasteiger partial charge < -0.3 is 9.88 Å². The van der Waals surface area contributed by atoms with Crippen molar-refractivity contribution in [3.63, 3.8) is 0 Å².